The zero-order chi connectivity index (χ0) is 17.2. The Morgan fingerprint density at radius 3 is 2.56 bits per heavy atom. The fourth-order valence-electron chi connectivity index (χ4n) is 3.33. The Balaban J connectivity index is 1.70. The monoisotopic (exact) mass is 349 g/mol. The minimum atomic E-state index is 0.0242. The van der Waals surface area contributed by atoms with Gasteiger partial charge in [-0.05, 0) is 48.6 Å². The molecule has 0 amide bonds. The molecule has 0 aromatic carbocycles. The fourth-order valence-corrected chi connectivity index (χ4v) is 3.58. The summed E-state index contributed by atoms with van der Waals surface area (Å²) in [5.41, 5.74) is 3.21. The average Bonchev–Trinajstić information content (AvgIpc) is 3.21. The molecule has 5 nitrogen and oxygen atoms in total. The molecule has 0 saturated carbocycles. The molecular weight excluding hydrogens is 330 g/mol. The number of thiocarbonyl (C=S) groups is 1. The van der Waals surface area contributed by atoms with Crippen molar-refractivity contribution < 1.29 is 0 Å². The smallest absolute Gasteiger partial charge is 0.169 e. The molecule has 25 heavy (non-hydrogen) atoms. The molecule has 0 unspecified atom stereocenters. The molecule has 2 atom stereocenters. The lowest BCUT2D eigenvalue weighted by molar-refractivity contribution is 0.350. The van der Waals surface area contributed by atoms with E-state index in [0.717, 1.165) is 23.0 Å². The molecule has 3 aromatic heterocycles. The summed E-state index contributed by atoms with van der Waals surface area (Å²) < 4.78 is 2.23. The summed E-state index contributed by atoms with van der Waals surface area (Å²) in [5, 5.41) is 4.16. The number of hydrogen-bond donors (Lipinski definition) is 1. The van der Waals surface area contributed by atoms with Crippen molar-refractivity contribution in [2.75, 3.05) is 7.05 Å². The average molecular weight is 349 g/mol. The molecule has 4 rings (SSSR count). The van der Waals surface area contributed by atoms with Crippen LogP contribution < -0.4 is 5.32 Å². The predicted molar refractivity (Wildman–Crippen MR) is 101 cm³/mol. The molecular formula is C19H19N5S. The molecule has 126 valence electrons. The molecule has 0 aliphatic carbocycles. The molecule has 1 N–H and O–H groups in total. The highest BCUT2D eigenvalue weighted by molar-refractivity contribution is 7.80. The third-order valence-electron chi connectivity index (χ3n) is 4.56. The van der Waals surface area contributed by atoms with Gasteiger partial charge in [-0.25, -0.2) is 0 Å². The highest BCUT2D eigenvalue weighted by Gasteiger charge is 2.39. The van der Waals surface area contributed by atoms with Crippen LogP contribution in [0.3, 0.4) is 0 Å². The molecule has 1 aliphatic heterocycles. The fraction of sp³-hybridized carbons (Fsp3) is 0.211. The molecule has 0 spiro atoms. The molecule has 0 bridgehead atoms. The quantitative estimate of drug-likeness (QED) is 0.734. The van der Waals surface area contributed by atoms with Gasteiger partial charge in [0.2, 0.25) is 0 Å². The summed E-state index contributed by atoms with van der Waals surface area (Å²) >= 11 is 5.51. The van der Waals surface area contributed by atoms with E-state index in [1.165, 1.54) is 5.69 Å². The van der Waals surface area contributed by atoms with Gasteiger partial charge in [0.25, 0.3) is 0 Å². The topological polar surface area (TPSA) is 46.0 Å². The first-order valence-corrected chi connectivity index (χ1v) is 8.64. The van der Waals surface area contributed by atoms with E-state index in [1.807, 2.05) is 55.8 Å². The van der Waals surface area contributed by atoms with Crippen LogP contribution in [-0.4, -0.2) is 31.6 Å². The lowest BCUT2D eigenvalue weighted by Gasteiger charge is -2.25. The van der Waals surface area contributed by atoms with E-state index >= 15 is 0 Å². The SMILES string of the molecule is CN1C(=S)N[C@H](c2ccccn2)[C@H]1c1cccn1Cc1ccccn1. The highest BCUT2D eigenvalue weighted by atomic mass is 32.1. The van der Waals surface area contributed by atoms with Crippen LogP contribution in [0.5, 0.6) is 0 Å². The number of likely N-dealkylation sites (N-methyl/N-ethyl adjacent to an activating group) is 1. The van der Waals surface area contributed by atoms with E-state index in [-0.39, 0.29) is 12.1 Å². The molecule has 1 aliphatic rings. The van der Waals surface area contributed by atoms with E-state index in [2.05, 4.69) is 43.1 Å². The summed E-state index contributed by atoms with van der Waals surface area (Å²) in [6.07, 6.45) is 5.74. The van der Waals surface area contributed by atoms with Gasteiger partial charge in [-0.3, -0.25) is 9.97 Å². The van der Waals surface area contributed by atoms with Gasteiger partial charge in [0.15, 0.2) is 5.11 Å². The maximum atomic E-state index is 5.51. The van der Waals surface area contributed by atoms with Gasteiger partial charge in [-0.1, -0.05) is 12.1 Å². The van der Waals surface area contributed by atoms with E-state index in [0.29, 0.717) is 0 Å². The highest BCUT2D eigenvalue weighted by Crippen LogP contribution is 2.37. The largest absolute Gasteiger partial charge is 0.352 e. The Morgan fingerprint density at radius 1 is 1.04 bits per heavy atom. The summed E-state index contributed by atoms with van der Waals surface area (Å²) in [5.74, 6) is 0. The molecule has 4 heterocycles. The number of nitrogens with zero attached hydrogens (tertiary/aromatic N) is 4. The minimum absolute atomic E-state index is 0.0242. The number of nitrogens with one attached hydrogen (secondary N) is 1. The molecule has 1 saturated heterocycles. The molecule has 3 aromatic rings. The van der Waals surface area contributed by atoms with Gasteiger partial charge < -0.3 is 14.8 Å². The summed E-state index contributed by atoms with van der Waals surface area (Å²) in [7, 11) is 2.03. The van der Waals surface area contributed by atoms with Crippen molar-refractivity contribution in [3.05, 3.63) is 84.2 Å². The zero-order valence-electron chi connectivity index (χ0n) is 13.9. The van der Waals surface area contributed by atoms with Gasteiger partial charge in [0.1, 0.15) is 0 Å². The van der Waals surface area contributed by atoms with Gasteiger partial charge in [0, 0.05) is 31.3 Å². The maximum Gasteiger partial charge on any atom is 0.169 e. The van der Waals surface area contributed by atoms with Gasteiger partial charge in [-0.15, -0.1) is 0 Å². The minimum Gasteiger partial charge on any atom is -0.352 e. The van der Waals surface area contributed by atoms with Gasteiger partial charge in [-0.2, -0.15) is 0 Å². The number of aromatic nitrogens is 3. The third kappa shape index (κ3) is 3.00. The Morgan fingerprint density at radius 2 is 1.84 bits per heavy atom. The van der Waals surface area contributed by atoms with Crippen LogP contribution in [0.15, 0.2) is 67.1 Å². The number of rotatable bonds is 4. The molecule has 6 heteroatoms. The van der Waals surface area contributed by atoms with Crippen molar-refractivity contribution in [3.8, 4) is 0 Å². The second kappa shape index (κ2) is 6.64. The maximum absolute atomic E-state index is 5.51. The van der Waals surface area contributed by atoms with Crippen molar-refractivity contribution in [1.82, 2.24) is 24.8 Å². The summed E-state index contributed by atoms with van der Waals surface area (Å²) in [6.45, 7) is 0.731. The van der Waals surface area contributed by atoms with Crippen LogP contribution in [0.4, 0.5) is 0 Å². The second-order valence-corrected chi connectivity index (χ2v) is 6.51. The number of pyridine rings is 2. The second-order valence-electron chi connectivity index (χ2n) is 6.12. The van der Waals surface area contributed by atoms with E-state index < -0.39 is 0 Å². The van der Waals surface area contributed by atoms with E-state index in [4.69, 9.17) is 12.2 Å². The number of hydrogen-bond acceptors (Lipinski definition) is 3. The van der Waals surface area contributed by atoms with E-state index in [1.54, 1.807) is 0 Å². The van der Waals surface area contributed by atoms with Crippen LogP contribution in [0.25, 0.3) is 0 Å². The van der Waals surface area contributed by atoms with Crippen LogP contribution >= 0.6 is 12.2 Å². The lowest BCUT2D eigenvalue weighted by Crippen LogP contribution is -2.26. The van der Waals surface area contributed by atoms with Gasteiger partial charge >= 0.3 is 0 Å². The normalized spacial score (nSPS) is 19.9. The Kier molecular flexibility index (Phi) is 4.19. The lowest BCUT2D eigenvalue weighted by atomic mass is 10.0. The van der Waals surface area contributed by atoms with Crippen LogP contribution in [0.1, 0.15) is 29.2 Å². The zero-order valence-corrected chi connectivity index (χ0v) is 14.7. The Hall–Kier alpha value is -2.73. The van der Waals surface area contributed by atoms with Crippen LogP contribution in [0.2, 0.25) is 0 Å². The van der Waals surface area contributed by atoms with Crippen molar-refractivity contribution in [2.24, 2.45) is 0 Å². The predicted octanol–water partition coefficient (Wildman–Crippen LogP) is 2.93. The van der Waals surface area contributed by atoms with Crippen molar-refractivity contribution in [3.63, 3.8) is 0 Å². The first-order chi connectivity index (χ1) is 12.2. The molecule has 1 fully saturated rings. The van der Waals surface area contributed by atoms with Crippen molar-refractivity contribution >= 4 is 17.3 Å². The standard InChI is InChI=1S/C19H19N5S/c1-23-18(17(22-19(23)25)15-8-3-5-11-21-15)16-9-6-12-24(16)13-14-7-2-4-10-20-14/h2-12,17-18H,13H2,1H3,(H,22,25)/t17-,18-/m1/s1. The van der Waals surface area contributed by atoms with Crippen molar-refractivity contribution in [2.45, 2.75) is 18.6 Å². The summed E-state index contributed by atoms with van der Waals surface area (Å²) in [6, 6.07) is 16.3. The van der Waals surface area contributed by atoms with Crippen LogP contribution in [-0.2, 0) is 6.54 Å². The van der Waals surface area contributed by atoms with Crippen molar-refractivity contribution in [1.29, 1.82) is 0 Å². The van der Waals surface area contributed by atoms with E-state index in [9.17, 15) is 0 Å². The first kappa shape index (κ1) is 15.8. The van der Waals surface area contributed by atoms with Crippen LogP contribution in [0, 0.1) is 0 Å². The Bertz CT molecular complexity index is 862. The molecule has 0 radical (unpaired) electrons. The third-order valence-corrected chi connectivity index (χ3v) is 4.97. The first-order valence-electron chi connectivity index (χ1n) is 8.23. The summed E-state index contributed by atoms with van der Waals surface area (Å²) in [4.78, 5) is 11.1. The van der Waals surface area contributed by atoms with Gasteiger partial charge in [0.05, 0.1) is 30.0 Å². The Labute approximate surface area is 152 Å².